The summed E-state index contributed by atoms with van der Waals surface area (Å²) in [5.74, 6) is 1.18. The highest BCUT2D eigenvalue weighted by Gasteiger charge is 2.65. The van der Waals surface area contributed by atoms with Crippen molar-refractivity contribution in [3.05, 3.63) is 126 Å². The molecule has 6 unspecified atom stereocenters. The van der Waals surface area contributed by atoms with Crippen molar-refractivity contribution in [3.63, 3.8) is 0 Å². The van der Waals surface area contributed by atoms with Gasteiger partial charge in [0.1, 0.15) is 29.9 Å². The first-order chi connectivity index (χ1) is 30.9. The minimum absolute atomic E-state index is 0.0475. The number of carbonyl (C=O) groups is 1. The monoisotopic (exact) mass is 858 g/mol. The summed E-state index contributed by atoms with van der Waals surface area (Å²) in [5, 5.41) is 24.7. The van der Waals surface area contributed by atoms with Gasteiger partial charge in [0.2, 0.25) is 12.6 Å². The first-order valence-corrected chi connectivity index (χ1v) is 22.2. The maximum absolute atomic E-state index is 14.3. The average molecular weight is 859 g/mol. The zero-order chi connectivity index (χ0) is 43.8. The normalized spacial score (nSPS) is 23.5. The highest BCUT2D eigenvalue weighted by molar-refractivity contribution is 6.03. The SMILES string of the molecule is C=CCOC12Oc3ccc(Oc4ccc(-c5ccccc5)cc4)cc3C3C(CCCCO)C(CCCCO)C=C(C(=NOCC)CC1N(Cc1ccc4c(c1)OCO4)C(=O)OC)C32. The number of benzene rings is 4. The van der Waals surface area contributed by atoms with Gasteiger partial charge in [0.15, 0.2) is 11.5 Å². The van der Waals surface area contributed by atoms with E-state index in [2.05, 4.69) is 43.0 Å². The number of hydrogen-bond donors (Lipinski definition) is 2. The van der Waals surface area contributed by atoms with Crippen molar-refractivity contribution in [3.8, 4) is 39.9 Å². The molecule has 4 aliphatic rings. The highest BCUT2D eigenvalue weighted by Crippen LogP contribution is 2.62. The van der Waals surface area contributed by atoms with Crippen molar-refractivity contribution in [1.29, 1.82) is 0 Å². The van der Waals surface area contributed by atoms with Crippen molar-refractivity contribution in [2.75, 3.05) is 40.3 Å². The molecule has 4 aromatic carbocycles. The second-order valence-corrected chi connectivity index (χ2v) is 16.5. The Hall–Kier alpha value is -5.82. The van der Waals surface area contributed by atoms with Crippen LogP contribution in [0.25, 0.3) is 11.1 Å². The number of fused-ring (bicyclic) bond motifs is 3. The maximum Gasteiger partial charge on any atom is 0.410 e. The first kappa shape index (κ1) is 43.8. The topological polar surface area (TPSA) is 138 Å². The number of nitrogens with zero attached hydrogens (tertiary/aromatic N) is 2. The fraction of sp³-hybridized carbons (Fsp3) is 0.412. The number of unbranched alkanes of at least 4 members (excludes halogenated alkanes) is 2. The molecular formula is C51H58N2O10. The lowest BCUT2D eigenvalue weighted by molar-refractivity contribution is -0.256. The van der Waals surface area contributed by atoms with Crippen LogP contribution in [0.3, 0.4) is 0 Å². The van der Waals surface area contributed by atoms with Gasteiger partial charge in [-0.05, 0) is 109 Å². The zero-order valence-electron chi connectivity index (χ0n) is 36.2. The molecule has 0 bridgehead atoms. The van der Waals surface area contributed by atoms with E-state index >= 15 is 0 Å². The summed E-state index contributed by atoms with van der Waals surface area (Å²) < 4.78 is 37.9. The highest BCUT2D eigenvalue weighted by atomic mass is 16.7. The minimum atomic E-state index is -1.45. The van der Waals surface area contributed by atoms with Gasteiger partial charge in [0, 0.05) is 37.7 Å². The molecule has 6 atom stereocenters. The lowest BCUT2D eigenvalue weighted by atomic mass is 9.55. The van der Waals surface area contributed by atoms with Gasteiger partial charge in [-0.3, -0.25) is 4.90 Å². The van der Waals surface area contributed by atoms with Gasteiger partial charge in [-0.1, -0.05) is 78.7 Å². The van der Waals surface area contributed by atoms with E-state index in [0.29, 0.717) is 53.9 Å². The van der Waals surface area contributed by atoms with Crippen molar-refractivity contribution >= 4 is 11.8 Å². The Kier molecular flexibility index (Phi) is 14.0. The predicted octanol–water partition coefficient (Wildman–Crippen LogP) is 9.80. The van der Waals surface area contributed by atoms with Crippen LogP contribution in [-0.4, -0.2) is 79.1 Å². The molecular weight excluding hydrogens is 801 g/mol. The summed E-state index contributed by atoms with van der Waals surface area (Å²) in [6.45, 7) is 6.87. The molecule has 1 fully saturated rings. The number of oxime groups is 1. The number of aliphatic hydroxyl groups is 2. The third-order valence-electron chi connectivity index (χ3n) is 12.7. The number of amides is 1. The number of aliphatic hydroxyl groups excluding tert-OH is 2. The Bertz CT molecular complexity index is 2260. The van der Waals surface area contributed by atoms with Crippen LogP contribution < -0.4 is 18.9 Å². The van der Waals surface area contributed by atoms with Crippen molar-refractivity contribution in [2.24, 2.45) is 22.9 Å². The smallest absolute Gasteiger partial charge is 0.410 e. The number of carbonyl (C=O) groups excluding carboxylic acids is 1. The standard InChI is InChI=1S/C51H58N2O10/c1-4-27-60-51-47(53(50(56)57-3)32-34-17-23-45-46(28-34)59-33-58-45)31-43(52-61-5-2)41-29-37(15-9-11-25-54)40(16-10-12-26-55)48(49(41)51)42-30-39(22-24-44(42)63-51)62-38-20-18-36(19-21-38)35-13-7-6-8-14-35/h4,6-8,13-14,17-24,28-30,37,40,47-49,54-55H,1,5,9-12,15-16,25-27,31-33H2,2-3H3. The van der Waals surface area contributed by atoms with Crippen LogP contribution in [0.2, 0.25) is 0 Å². The second-order valence-electron chi connectivity index (χ2n) is 16.5. The third-order valence-corrected chi connectivity index (χ3v) is 12.7. The van der Waals surface area contributed by atoms with Gasteiger partial charge in [-0.25, -0.2) is 4.79 Å². The third kappa shape index (κ3) is 9.16. The van der Waals surface area contributed by atoms with Crippen LogP contribution >= 0.6 is 0 Å². The molecule has 8 rings (SSSR count). The Morgan fingerprint density at radius 1 is 0.889 bits per heavy atom. The molecule has 1 saturated carbocycles. The van der Waals surface area contributed by atoms with Crippen LogP contribution in [-0.2, 0) is 20.9 Å². The number of ether oxygens (including phenoxy) is 6. The van der Waals surface area contributed by atoms with E-state index in [4.69, 9.17) is 38.4 Å². The quantitative estimate of drug-likeness (QED) is 0.0533. The molecule has 1 amide bonds. The fourth-order valence-corrected chi connectivity index (χ4v) is 9.99. The lowest BCUT2D eigenvalue weighted by Crippen LogP contribution is -2.70. The molecule has 4 aromatic rings. The van der Waals surface area contributed by atoms with Gasteiger partial charge in [0.25, 0.3) is 0 Å². The molecule has 332 valence electrons. The molecule has 0 aromatic heterocycles. The van der Waals surface area contributed by atoms with Gasteiger partial charge in [0.05, 0.1) is 25.3 Å². The molecule has 0 radical (unpaired) electrons. The van der Waals surface area contributed by atoms with E-state index in [1.54, 1.807) is 11.0 Å². The van der Waals surface area contributed by atoms with Crippen LogP contribution in [0, 0.1) is 17.8 Å². The molecule has 2 heterocycles. The predicted molar refractivity (Wildman–Crippen MR) is 239 cm³/mol. The van der Waals surface area contributed by atoms with Crippen LogP contribution in [0.4, 0.5) is 4.79 Å². The van der Waals surface area contributed by atoms with E-state index < -0.39 is 23.8 Å². The van der Waals surface area contributed by atoms with Gasteiger partial charge < -0.3 is 43.5 Å². The largest absolute Gasteiger partial charge is 0.459 e. The molecule has 2 aliphatic carbocycles. The summed E-state index contributed by atoms with van der Waals surface area (Å²) >= 11 is 0. The van der Waals surface area contributed by atoms with E-state index in [0.717, 1.165) is 53.5 Å². The molecule has 12 nitrogen and oxygen atoms in total. The minimum Gasteiger partial charge on any atom is -0.459 e. The van der Waals surface area contributed by atoms with Crippen molar-refractivity contribution in [1.82, 2.24) is 4.90 Å². The summed E-state index contributed by atoms with van der Waals surface area (Å²) in [5.41, 5.74) is 5.62. The zero-order valence-corrected chi connectivity index (χ0v) is 36.2. The number of rotatable bonds is 19. The molecule has 63 heavy (non-hydrogen) atoms. The molecule has 12 heteroatoms. The summed E-state index contributed by atoms with van der Waals surface area (Å²) in [6, 6.07) is 29.1. The Balaban J connectivity index is 1.28. The molecule has 0 spiro atoms. The molecule has 0 saturated heterocycles. The maximum atomic E-state index is 14.3. The molecule has 2 aliphatic heterocycles. The Morgan fingerprint density at radius 3 is 2.37 bits per heavy atom. The van der Waals surface area contributed by atoms with Gasteiger partial charge in [-0.15, -0.1) is 6.58 Å². The van der Waals surface area contributed by atoms with E-state index in [1.807, 2.05) is 67.6 Å². The van der Waals surface area contributed by atoms with E-state index in [1.165, 1.54) is 7.11 Å². The first-order valence-electron chi connectivity index (χ1n) is 22.2. The van der Waals surface area contributed by atoms with Crippen LogP contribution in [0.5, 0.6) is 28.7 Å². The van der Waals surface area contributed by atoms with E-state index in [-0.39, 0.29) is 57.3 Å². The summed E-state index contributed by atoms with van der Waals surface area (Å²) in [4.78, 5) is 21.8. The van der Waals surface area contributed by atoms with Crippen molar-refractivity contribution < 1.29 is 48.3 Å². The van der Waals surface area contributed by atoms with E-state index in [9.17, 15) is 15.0 Å². The van der Waals surface area contributed by atoms with Gasteiger partial charge >= 0.3 is 6.09 Å². The number of hydrogen-bond acceptors (Lipinski definition) is 11. The lowest BCUT2D eigenvalue weighted by Gasteiger charge is -2.59. The van der Waals surface area contributed by atoms with Crippen LogP contribution in [0.15, 0.2) is 120 Å². The number of allylic oxidation sites excluding steroid dienone is 1. The van der Waals surface area contributed by atoms with Crippen LogP contribution in [0.1, 0.15) is 68.9 Å². The second kappa shape index (κ2) is 20.1. The molecule has 2 N–H and O–H groups in total. The summed E-state index contributed by atoms with van der Waals surface area (Å²) in [7, 11) is 1.38. The Morgan fingerprint density at radius 2 is 1.62 bits per heavy atom. The number of methoxy groups -OCH3 is 1. The fourth-order valence-electron chi connectivity index (χ4n) is 9.99. The van der Waals surface area contributed by atoms with Crippen molar-refractivity contribution in [2.45, 2.75) is 76.2 Å². The Labute approximate surface area is 369 Å². The summed E-state index contributed by atoms with van der Waals surface area (Å²) in [6.07, 6.45) is 8.30. The van der Waals surface area contributed by atoms with Gasteiger partial charge in [-0.2, -0.15) is 0 Å². The average Bonchev–Trinajstić information content (AvgIpc) is 3.79.